The summed E-state index contributed by atoms with van der Waals surface area (Å²) >= 11 is 0. The van der Waals surface area contributed by atoms with Crippen LogP contribution in [0.5, 0.6) is 0 Å². The lowest BCUT2D eigenvalue weighted by atomic mass is 10.1. The Morgan fingerprint density at radius 3 is 2.93 bits per heavy atom. The highest BCUT2D eigenvalue weighted by Gasteiger charge is 2.10. The normalized spacial score (nSPS) is 13.1. The summed E-state index contributed by atoms with van der Waals surface area (Å²) in [4.78, 5) is 4.45. The summed E-state index contributed by atoms with van der Waals surface area (Å²) in [6.45, 7) is 5.03. The van der Waals surface area contributed by atoms with Gasteiger partial charge in [0.15, 0.2) is 5.82 Å². The average Bonchev–Trinajstić information content (AvgIpc) is 2.63. The fourth-order valence-corrected chi connectivity index (χ4v) is 1.43. The highest BCUT2D eigenvalue weighted by atomic mass is 15.2. The SMILES string of the molecule is CCCc1nc(C(C)CCCN)n[nH]1. The van der Waals surface area contributed by atoms with E-state index in [1.54, 1.807) is 0 Å². The Morgan fingerprint density at radius 2 is 2.29 bits per heavy atom. The zero-order chi connectivity index (χ0) is 10.4. The van der Waals surface area contributed by atoms with Crippen LogP contribution in [0, 0.1) is 0 Å². The largest absolute Gasteiger partial charge is 0.330 e. The van der Waals surface area contributed by atoms with Gasteiger partial charge in [0.25, 0.3) is 0 Å². The van der Waals surface area contributed by atoms with Gasteiger partial charge in [-0.2, -0.15) is 5.10 Å². The number of nitrogens with one attached hydrogen (secondary N) is 1. The van der Waals surface area contributed by atoms with E-state index in [1.807, 2.05) is 0 Å². The van der Waals surface area contributed by atoms with Crippen LogP contribution in [0.25, 0.3) is 0 Å². The molecule has 1 heterocycles. The Bertz CT molecular complexity index is 256. The van der Waals surface area contributed by atoms with Crippen LogP contribution in [0.2, 0.25) is 0 Å². The molecule has 80 valence electrons. The molecule has 1 atom stereocenters. The minimum absolute atomic E-state index is 0.417. The predicted molar refractivity (Wildman–Crippen MR) is 57.1 cm³/mol. The maximum atomic E-state index is 5.46. The fraction of sp³-hybridized carbons (Fsp3) is 0.800. The molecular weight excluding hydrogens is 176 g/mol. The fourth-order valence-electron chi connectivity index (χ4n) is 1.43. The lowest BCUT2D eigenvalue weighted by Crippen LogP contribution is -2.03. The van der Waals surface area contributed by atoms with Crippen molar-refractivity contribution in [2.45, 2.75) is 45.4 Å². The summed E-state index contributed by atoms with van der Waals surface area (Å²) < 4.78 is 0. The molecule has 1 rings (SSSR count). The molecule has 0 spiro atoms. The number of H-pyrrole nitrogens is 1. The zero-order valence-electron chi connectivity index (χ0n) is 9.08. The van der Waals surface area contributed by atoms with Crippen LogP contribution < -0.4 is 5.73 Å². The van der Waals surface area contributed by atoms with Crippen molar-refractivity contribution in [3.8, 4) is 0 Å². The smallest absolute Gasteiger partial charge is 0.153 e. The van der Waals surface area contributed by atoms with E-state index < -0.39 is 0 Å². The molecule has 0 saturated carbocycles. The Morgan fingerprint density at radius 1 is 1.50 bits per heavy atom. The molecule has 0 aliphatic heterocycles. The molecule has 0 aliphatic carbocycles. The van der Waals surface area contributed by atoms with Crippen LogP contribution in [0.1, 0.15) is 50.7 Å². The van der Waals surface area contributed by atoms with E-state index in [9.17, 15) is 0 Å². The van der Waals surface area contributed by atoms with Crippen LogP contribution in [-0.4, -0.2) is 21.7 Å². The quantitative estimate of drug-likeness (QED) is 0.726. The third kappa shape index (κ3) is 3.10. The van der Waals surface area contributed by atoms with E-state index in [1.165, 1.54) is 0 Å². The zero-order valence-corrected chi connectivity index (χ0v) is 9.08. The Balaban J connectivity index is 2.48. The van der Waals surface area contributed by atoms with Gasteiger partial charge >= 0.3 is 0 Å². The van der Waals surface area contributed by atoms with Crippen molar-refractivity contribution in [3.05, 3.63) is 11.6 Å². The molecule has 1 aromatic heterocycles. The van der Waals surface area contributed by atoms with E-state index in [0.29, 0.717) is 5.92 Å². The van der Waals surface area contributed by atoms with Gasteiger partial charge in [-0.3, -0.25) is 5.10 Å². The summed E-state index contributed by atoms with van der Waals surface area (Å²) in [7, 11) is 0. The monoisotopic (exact) mass is 196 g/mol. The number of hydrogen-bond acceptors (Lipinski definition) is 3. The van der Waals surface area contributed by atoms with Crippen LogP contribution in [-0.2, 0) is 6.42 Å². The van der Waals surface area contributed by atoms with Crippen molar-refractivity contribution >= 4 is 0 Å². The second kappa shape index (κ2) is 5.75. The lowest BCUT2D eigenvalue weighted by molar-refractivity contribution is 0.610. The van der Waals surface area contributed by atoms with Gasteiger partial charge in [0.1, 0.15) is 5.82 Å². The Kier molecular flexibility index (Phi) is 4.59. The van der Waals surface area contributed by atoms with E-state index in [2.05, 4.69) is 29.0 Å². The number of rotatable bonds is 6. The molecule has 0 amide bonds. The number of aromatic nitrogens is 3. The number of hydrogen-bond donors (Lipinski definition) is 2. The first-order chi connectivity index (χ1) is 6.77. The molecule has 0 bridgehead atoms. The summed E-state index contributed by atoms with van der Waals surface area (Å²) in [5, 5.41) is 7.18. The van der Waals surface area contributed by atoms with Gasteiger partial charge in [0.2, 0.25) is 0 Å². The highest BCUT2D eigenvalue weighted by Crippen LogP contribution is 2.16. The maximum absolute atomic E-state index is 5.46. The molecule has 0 fully saturated rings. The van der Waals surface area contributed by atoms with Gasteiger partial charge in [0.05, 0.1) is 0 Å². The van der Waals surface area contributed by atoms with Gasteiger partial charge in [-0.1, -0.05) is 13.8 Å². The maximum Gasteiger partial charge on any atom is 0.153 e. The summed E-state index contributed by atoms with van der Waals surface area (Å²) in [5.41, 5.74) is 5.46. The number of aryl methyl sites for hydroxylation is 1. The van der Waals surface area contributed by atoms with E-state index in [-0.39, 0.29) is 0 Å². The summed E-state index contributed by atoms with van der Waals surface area (Å²) in [6, 6.07) is 0. The van der Waals surface area contributed by atoms with Crippen LogP contribution in [0.15, 0.2) is 0 Å². The summed E-state index contributed by atoms with van der Waals surface area (Å²) in [6.07, 6.45) is 4.20. The van der Waals surface area contributed by atoms with Crippen LogP contribution in [0.3, 0.4) is 0 Å². The van der Waals surface area contributed by atoms with Crippen molar-refractivity contribution in [3.63, 3.8) is 0 Å². The van der Waals surface area contributed by atoms with Crippen molar-refractivity contribution in [2.75, 3.05) is 6.54 Å². The van der Waals surface area contributed by atoms with Gasteiger partial charge in [-0.05, 0) is 25.8 Å². The summed E-state index contributed by atoms with van der Waals surface area (Å²) in [5.74, 6) is 2.35. The first kappa shape index (κ1) is 11.2. The molecule has 4 nitrogen and oxygen atoms in total. The predicted octanol–water partition coefficient (Wildman–Crippen LogP) is 1.60. The van der Waals surface area contributed by atoms with Crippen molar-refractivity contribution < 1.29 is 0 Å². The Hall–Kier alpha value is -0.900. The van der Waals surface area contributed by atoms with Gasteiger partial charge < -0.3 is 5.73 Å². The topological polar surface area (TPSA) is 67.6 Å². The van der Waals surface area contributed by atoms with Crippen molar-refractivity contribution in [1.82, 2.24) is 15.2 Å². The first-order valence-electron chi connectivity index (χ1n) is 5.39. The minimum atomic E-state index is 0.417. The van der Waals surface area contributed by atoms with E-state index >= 15 is 0 Å². The molecule has 0 aliphatic rings. The number of aromatic amines is 1. The van der Waals surface area contributed by atoms with Gasteiger partial charge in [-0.15, -0.1) is 0 Å². The van der Waals surface area contributed by atoms with E-state index in [4.69, 9.17) is 5.73 Å². The molecule has 1 aromatic rings. The molecule has 4 heteroatoms. The average molecular weight is 196 g/mol. The molecule has 0 saturated heterocycles. The number of nitrogens with two attached hydrogens (primary N) is 1. The second-order valence-corrected chi connectivity index (χ2v) is 3.72. The molecule has 1 unspecified atom stereocenters. The van der Waals surface area contributed by atoms with Crippen LogP contribution >= 0.6 is 0 Å². The molecule has 0 aromatic carbocycles. The highest BCUT2D eigenvalue weighted by molar-refractivity contribution is 4.96. The third-order valence-electron chi connectivity index (χ3n) is 2.32. The standard InChI is InChI=1S/C10H20N4/c1-3-5-9-12-10(14-13-9)8(2)6-4-7-11/h8H,3-7,11H2,1-2H3,(H,12,13,14). The molecular formula is C10H20N4. The van der Waals surface area contributed by atoms with Crippen molar-refractivity contribution in [2.24, 2.45) is 5.73 Å². The lowest BCUT2D eigenvalue weighted by Gasteiger charge is -2.04. The minimum Gasteiger partial charge on any atom is -0.330 e. The first-order valence-corrected chi connectivity index (χ1v) is 5.39. The van der Waals surface area contributed by atoms with Gasteiger partial charge in [-0.25, -0.2) is 4.98 Å². The third-order valence-corrected chi connectivity index (χ3v) is 2.32. The Labute approximate surface area is 85.3 Å². The number of nitrogens with zero attached hydrogens (tertiary/aromatic N) is 2. The van der Waals surface area contributed by atoms with Crippen molar-refractivity contribution in [1.29, 1.82) is 0 Å². The van der Waals surface area contributed by atoms with Crippen LogP contribution in [0.4, 0.5) is 0 Å². The molecule has 14 heavy (non-hydrogen) atoms. The molecule has 3 N–H and O–H groups in total. The van der Waals surface area contributed by atoms with Gasteiger partial charge in [0, 0.05) is 12.3 Å². The second-order valence-electron chi connectivity index (χ2n) is 3.72. The molecule has 0 radical (unpaired) electrons. The van der Waals surface area contributed by atoms with E-state index in [0.717, 1.165) is 43.9 Å².